The summed E-state index contributed by atoms with van der Waals surface area (Å²) in [6.45, 7) is 0.869. The molecule has 0 heterocycles. The second-order valence-corrected chi connectivity index (χ2v) is 1.09. The van der Waals surface area contributed by atoms with Crippen LogP contribution < -0.4 is 5.09 Å². The summed E-state index contributed by atoms with van der Waals surface area (Å²) in [4.78, 5) is 0. The van der Waals surface area contributed by atoms with Crippen molar-refractivity contribution in [1.82, 2.24) is 5.09 Å². The van der Waals surface area contributed by atoms with E-state index in [9.17, 15) is 0 Å². The summed E-state index contributed by atoms with van der Waals surface area (Å²) in [5.41, 5.74) is 0. The third-order valence-corrected chi connectivity index (χ3v) is 0.545. The Labute approximate surface area is 33.8 Å². The van der Waals surface area contributed by atoms with Crippen molar-refractivity contribution in [2.24, 2.45) is 0 Å². The Hall–Kier alpha value is 0.350. The van der Waals surface area contributed by atoms with E-state index >= 15 is 0 Å². The van der Waals surface area contributed by atoms with E-state index in [2.05, 4.69) is 14.5 Å². The van der Waals surface area contributed by atoms with Crippen molar-refractivity contribution in [3.63, 3.8) is 0 Å². The Bertz CT molecular complexity index is 17.1. The highest BCUT2D eigenvalue weighted by Gasteiger charge is 1.65. The van der Waals surface area contributed by atoms with Crippen LogP contribution >= 0.6 is 9.39 Å². The molecule has 0 radical (unpaired) electrons. The van der Waals surface area contributed by atoms with Gasteiger partial charge in [0.25, 0.3) is 0 Å². The van der Waals surface area contributed by atoms with E-state index in [1.807, 2.05) is 0 Å². The quantitative estimate of drug-likeness (QED) is 0.445. The lowest BCUT2D eigenvalue weighted by atomic mass is 10.8. The summed E-state index contributed by atoms with van der Waals surface area (Å²) in [5.74, 6) is 0. The van der Waals surface area contributed by atoms with Gasteiger partial charge in [-0.1, -0.05) is 9.39 Å². The molecule has 5 heavy (non-hydrogen) atoms. The van der Waals surface area contributed by atoms with Crippen LogP contribution in [-0.2, 0) is 0 Å². The first-order valence-corrected chi connectivity index (χ1v) is 2.04. The first-order valence-electron chi connectivity index (χ1n) is 1.46. The number of hydrogen-bond acceptors (Lipinski definition) is 2. The Morgan fingerprint density at radius 1 is 1.80 bits per heavy atom. The topological polar surface area (TPSA) is 32.3 Å². The van der Waals surface area contributed by atoms with Gasteiger partial charge in [-0.2, -0.15) is 0 Å². The maximum absolute atomic E-state index is 7.99. The first-order chi connectivity index (χ1) is 2.41. The lowest BCUT2D eigenvalue weighted by molar-refractivity contribution is 0.302. The van der Waals surface area contributed by atoms with Crippen LogP contribution in [0.2, 0.25) is 0 Å². The molecule has 2 N–H and O–H groups in total. The standard InChI is InChI=1S/C2H8NOP/c4-2-1-3-5/h3-4H,1-2,5H2. The fourth-order valence-corrected chi connectivity index (χ4v) is 0.194. The lowest BCUT2D eigenvalue weighted by Gasteiger charge is -1.84. The number of hydrogen-bond donors (Lipinski definition) is 2. The Morgan fingerprint density at radius 3 is 2.40 bits per heavy atom. The van der Waals surface area contributed by atoms with Gasteiger partial charge in [-0.25, -0.2) is 0 Å². The van der Waals surface area contributed by atoms with E-state index in [-0.39, 0.29) is 6.61 Å². The molecule has 0 aromatic rings. The number of aliphatic hydroxyl groups excluding tert-OH is 1. The molecule has 0 amide bonds. The molecule has 0 bridgehead atoms. The van der Waals surface area contributed by atoms with Crippen molar-refractivity contribution in [1.29, 1.82) is 0 Å². The van der Waals surface area contributed by atoms with Gasteiger partial charge in [0.05, 0.1) is 6.61 Å². The molecule has 2 nitrogen and oxygen atoms in total. The summed E-state index contributed by atoms with van der Waals surface area (Å²) >= 11 is 0. The molecule has 0 rings (SSSR count). The fraction of sp³-hybridized carbons (Fsp3) is 1.00. The molecule has 1 atom stereocenters. The second-order valence-electron chi connectivity index (χ2n) is 0.678. The third-order valence-electron chi connectivity index (χ3n) is 0.256. The zero-order chi connectivity index (χ0) is 4.12. The third kappa shape index (κ3) is 4.35. The van der Waals surface area contributed by atoms with E-state index in [1.165, 1.54) is 0 Å². The van der Waals surface area contributed by atoms with Crippen LogP contribution in [-0.4, -0.2) is 18.3 Å². The van der Waals surface area contributed by atoms with Crippen LogP contribution in [0.1, 0.15) is 0 Å². The van der Waals surface area contributed by atoms with Gasteiger partial charge in [-0.15, -0.1) is 0 Å². The van der Waals surface area contributed by atoms with Gasteiger partial charge in [0.1, 0.15) is 0 Å². The minimum Gasteiger partial charge on any atom is -0.395 e. The van der Waals surface area contributed by atoms with E-state index in [1.54, 1.807) is 0 Å². The normalized spacial score (nSPS) is 8.40. The highest BCUT2D eigenvalue weighted by Crippen LogP contribution is 1.61. The van der Waals surface area contributed by atoms with Crippen molar-refractivity contribution >= 4 is 9.39 Å². The summed E-state index contributed by atoms with van der Waals surface area (Å²) < 4.78 is 0. The number of aliphatic hydroxyl groups is 1. The van der Waals surface area contributed by atoms with E-state index in [4.69, 9.17) is 5.11 Å². The average molecular weight is 93.1 g/mol. The maximum Gasteiger partial charge on any atom is 0.0559 e. The smallest absolute Gasteiger partial charge is 0.0559 e. The predicted molar refractivity (Wildman–Crippen MR) is 24.8 cm³/mol. The van der Waals surface area contributed by atoms with Gasteiger partial charge in [0.2, 0.25) is 0 Å². The molecule has 3 heteroatoms. The summed E-state index contributed by atoms with van der Waals surface area (Å²) in [7, 11) is 2.29. The summed E-state index contributed by atoms with van der Waals surface area (Å²) in [5, 5.41) is 10.7. The van der Waals surface area contributed by atoms with Crippen molar-refractivity contribution in [3.05, 3.63) is 0 Å². The minimum absolute atomic E-state index is 0.212. The molecule has 0 aliphatic heterocycles. The van der Waals surface area contributed by atoms with Gasteiger partial charge < -0.3 is 5.11 Å². The molecule has 0 spiro atoms. The molecule has 0 aromatic carbocycles. The van der Waals surface area contributed by atoms with Crippen molar-refractivity contribution in [3.8, 4) is 0 Å². The van der Waals surface area contributed by atoms with Crippen LogP contribution in [0.15, 0.2) is 0 Å². The first kappa shape index (κ1) is 5.35. The Kier molecular flexibility index (Phi) is 4.65. The van der Waals surface area contributed by atoms with E-state index < -0.39 is 0 Å². The van der Waals surface area contributed by atoms with Gasteiger partial charge in [-0.3, -0.25) is 5.09 Å². The van der Waals surface area contributed by atoms with Crippen LogP contribution in [0.25, 0.3) is 0 Å². The average Bonchev–Trinajstić information content (AvgIpc) is 1.41. The summed E-state index contributed by atoms with van der Waals surface area (Å²) in [6, 6.07) is 0. The van der Waals surface area contributed by atoms with Crippen LogP contribution in [0.4, 0.5) is 0 Å². The monoisotopic (exact) mass is 93.0 g/mol. The molecule has 0 aromatic heterocycles. The Balaban J connectivity index is 2.19. The maximum atomic E-state index is 7.99. The minimum atomic E-state index is 0.212. The van der Waals surface area contributed by atoms with E-state index in [0.717, 1.165) is 0 Å². The second kappa shape index (κ2) is 4.35. The van der Waals surface area contributed by atoms with Gasteiger partial charge >= 0.3 is 0 Å². The zero-order valence-electron chi connectivity index (χ0n) is 2.94. The van der Waals surface area contributed by atoms with Crippen LogP contribution in [0.5, 0.6) is 0 Å². The van der Waals surface area contributed by atoms with Gasteiger partial charge in [0, 0.05) is 6.54 Å². The highest BCUT2D eigenvalue weighted by atomic mass is 31.0. The molecular weight excluding hydrogens is 85.0 g/mol. The molecular formula is C2H8NOP. The largest absolute Gasteiger partial charge is 0.395 e. The number of nitrogens with one attached hydrogen (secondary N) is 1. The molecule has 0 aliphatic carbocycles. The van der Waals surface area contributed by atoms with Crippen molar-refractivity contribution in [2.45, 2.75) is 0 Å². The van der Waals surface area contributed by atoms with Crippen molar-refractivity contribution < 1.29 is 5.11 Å². The predicted octanol–water partition coefficient (Wildman–Crippen LogP) is -0.642. The SMILES string of the molecule is OCCNP. The zero-order valence-corrected chi connectivity index (χ0v) is 4.09. The van der Waals surface area contributed by atoms with Crippen LogP contribution in [0.3, 0.4) is 0 Å². The molecule has 0 saturated heterocycles. The summed E-state index contributed by atoms with van der Waals surface area (Å²) in [6.07, 6.45) is 0. The van der Waals surface area contributed by atoms with Gasteiger partial charge in [-0.05, 0) is 0 Å². The number of rotatable bonds is 2. The van der Waals surface area contributed by atoms with E-state index in [0.29, 0.717) is 6.54 Å². The molecule has 0 aliphatic rings. The van der Waals surface area contributed by atoms with Gasteiger partial charge in [0.15, 0.2) is 0 Å². The molecule has 1 unspecified atom stereocenters. The van der Waals surface area contributed by atoms with Crippen LogP contribution in [0, 0.1) is 0 Å². The molecule has 0 fully saturated rings. The van der Waals surface area contributed by atoms with Crippen molar-refractivity contribution in [2.75, 3.05) is 13.2 Å². The highest BCUT2D eigenvalue weighted by molar-refractivity contribution is 7.13. The molecule has 0 saturated carbocycles. The Morgan fingerprint density at radius 2 is 2.40 bits per heavy atom. The fourth-order valence-electron chi connectivity index (χ4n) is 0.0645. The molecule has 32 valence electrons. The lowest BCUT2D eigenvalue weighted by Crippen LogP contribution is -2.03.